The molecule has 1 unspecified atom stereocenters. The Morgan fingerprint density at radius 3 is 2.13 bits per heavy atom. The fourth-order valence-corrected chi connectivity index (χ4v) is 4.33. The maximum absolute atomic E-state index is 10.3. The fourth-order valence-electron chi connectivity index (χ4n) is 3.94. The molecular formula is C27H35N5O5S. The molecule has 1 N–H and O–H groups in total. The van der Waals surface area contributed by atoms with Gasteiger partial charge >= 0.3 is 0 Å². The first kappa shape index (κ1) is 29.2. The fraction of sp³-hybridized carbons (Fsp3) is 0.370. The molecule has 0 fully saturated rings. The maximum Gasteiger partial charge on any atom is 0.230 e. The van der Waals surface area contributed by atoms with E-state index in [0.29, 0.717) is 37.0 Å². The van der Waals surface area contributed by atoms with Crippen molar-refractivity contribution in [3.63, 3.8) is 0 Å². The molecule has 38 heavy (non-hydrogen) atoms. The molecule has 10 nitrogen and oxygen atoms in total. The van der Waals surface area contributed by atoms with Crippen LogP contribution in [0.4, 0.5) is 5.95 Å². The molecule has 1 atom stereocenters. The van der Waals surface area contributed by atoms with Gasteiger partial charge in [-0.25, -0.2) is 9.19 Å². The number of ether oxygens (including phenoxy) is 3. The highest BCUT2D eigenvalue weighted by Gasteiger charge is 2.21. The third-order valence-corrected chi connectivity index (χ3v) is 6.49. The lowest BCUT2D eigenvalue weighted by Gasteiger charge is -2.23. The van der Waals surface area contributed by atoms with Crippen LogP contribution in [-0.2, 0) is 20.6 Å². The van der Waals surface area contributed by atoms with Crippen LogP contribution in [0.15, 0.2) is 53.4 Å². The third-order valence-electron chi connectivity index (χ3n) is 5.82. The van der Waals surface area contributed by atoms with Gasteiger partial charge in [-0.1, -0.05) is 24.3 Å². The second-order valence-corrected chi connectivity index (χ2v) is 9.45. The molecule has 4 aromatic rings. The highest BCUT2D eigenvalue weighted by Crippen LogP contribution is 2.33. The van der Waals surface area contributed by atoms with E-state index in [4.69, 9.17) is 28.8 Å². The molecule has 0 radical (unpaired) electrons. The molecule has 204 valence electrons. The number of aromatic nitrogens is 4. The van der Waals surface area contributed by atoms with Gasteiger partial charge in [0.2, 0.25) is 5.95 Å². The molecule has 2 aromatic heterocycles. The van der Waals surface area contributed by atoms with Crippen LogP contribution in [0.3, 0.4) is 0 Å². The van der Waals surface area contributed by atoms with Gasteiger partial charge < -0.3 is 23.7 Å². The second kappa shape index (κ2) is 14.0. The van der Waals surface area contributed by atoms with Crippen molar-refractivity contribution < 1.29 is 23.0 Å². The van der Waals surface area contributed by atoms with Crippen molar-refractivity contribution in [2.24, 2.45) is 0 Å². The normalized spacial score (nSPS) is 11.7. The minimum atomic E-state index is -1.83. The van der Waals surface area contributed by atoms with Crippen molar-refractivity contribution in [2.75, 3.05) is 52.5 Å². The van der Waals surface area contributed by atoms with Crippen LogP contribution < -0.4 is 9.64 Å². The quantitative estimate of drug-likeness (QED) is 0.297. The van der Waals surface area contributed by atoms with E-state index in [0.717, 1.165) is 39.7 Å². The third kappa shape index (κ3) is 7.13. The van der Waals surface area contributed by atoms with Crippen molar-refractivity contribution in [1.29, 1.82) is 0 Å². The smallest absolute Gasteiger partial charge is 0.230 e. The Labute approximate surface area is 225 Å². The first-order valence-corrected chi connectivity index (χ1v) is 13.2. The lowest BCUT2D eigenvalue weighted by Crippen LogP contribution is -2.33. The van der Waals surface area contributed by atoms with Crippen molar-refractivity contribution in [3.05, 3.63) is 65.6 Å². The average Bonchev–Trinajstić information content (AvgIpc) is 3.24. The van der Waals surface area contributed by atoms with Gasteiger partial charge in [-0.15, -0.1) is 0 Å². The summed E-state index contributed by atoms with van der Waals surface area (Å²) < 4.78 is 36.6. The Morgan fingerprint density at radius 2 is 1.61 bits per heavy atom. The molecule has 2 aromatic carbocycles. The van der Waals surface area contributed by atoms with Gasteiger partial charge in [-0.3, -0.25) is 0 Å². The predicted molar refractivity (Wildman–Crippen MR) is 148 cm³/mol. The van der Waals surface area contributed by atoms with Gasteiger partial charge in [0.05, 0.1) is 30.9 Å². The minimum Gasteiger partial charge on any atom is -0.497 e. The topological polar surface area (TPSA) is 111 Å². The summed E-state index contributed by atoms with van der Waals surface area (Å²) in [5, 5.41) is 4.79. The van der Waals surface area contributed by atoms with Crippen molar-refractivity contribution >= 4 is 22.7 Å². The van der Waals surface area contributed by atoms with Crippen LogP contribution in [0.2, 0.25) is 0 Å². The van der Waals surface area contributed by atoms with Crippen LogP contribution >= 0.6 is 0 Å². The van der Waals surface area contributed by atoms with E-state index in [9.17, 15) is 4.21 Å². The number of fused-ring (bicyclic) bond motifs is 1. The Hall–Kier alpha value is -3.38. The largest absolute Gasteiger partial charge is 0.497 e. The summed E-state index contributed by atoms with van der Waals surface area (Å²) in [6, 6.07) is 14.5. The van der Waals surface area contributed by atoms with Crippen LogP contribution in [0.1, 0.15) is 17.1 Å². The summed E-state index contributed by atoms with van der Waals surface area (Å²) in [5.41, 5.74) is 4.89. The van der Waals surface area contributed by atoms with Gasteiger partial charge in [-0.05, 0) is 56.2 Å². The molecule has 0 aliphatic heterocycles. The van der Waals surface area contributed by atoms with Gasteiger partial charge in [0, 0.05) is 32.9 Å². The van der Waals surface area contributed by atoms with E-state index in [1.165, 1.54) is 0 Å². The van der Waals surface area contributed by atoms with Crippen LogP contribution in [-0.4, -0.2) is 76.0 Å². The Balaban J connectivity index is 0.000000375. The van der Waals surface area contributed by atoms with Gasteiger partial charge in [0.1, 0.15) is 11.6 Å². The van der Waals surface area contributed by atoms with Gasteiger partial charge in [-0.2, -0.15) is 14.6 Å². The van der Waals surface area contributed by atoms with E-state index in [-0.39, 0.29) is 0 Å². The highest BCUT2D eigenvalue weighted by atomic mass is 32.2. The van der Waals surface area contributed by atoms with Crippen LogP contribution in [0, 0.1) is 20.8 Å². The summed E-state index contributed by atoms with van der Waals surface area (Å²) in [7, 11) is 5.06. The molecule has 0 aliphatic rings. The number of nitrogens with zero attached hydrogens (tertiary/aromatic N) is 5. The molecule has 0 saturated carbocycles. The van der Waals surface area contributed by atoms with Crippen molar-refractivity contribution in [3.8, 4) is 16.9 Å². The molecule has 11 heteroatoms. The SMILES string of the molecule is COCCN(CCOC)c1nc(C)nc2c(-c3ccc(OC)cc3C)c(C)nn12.O=S(O)c1ccccc1. The average molecular weight is 542 g/mol. The van der Waals surface area contributed by atoms with E-state index < -0.39 is 11.1 Å². The zero-order valence-electron chi connectivity index (χ0n) is 22.7. The number of methoxy groups -OCH3 is 3. The molecule has 2 heterocycles. The molecule has 0 saturated heterocycles. The molecule has 0 aliphatic carbocycles. The number of benzene rings is 2. The lowest BCUT2D eigenvalue weighted by molar-refractivity contribution is 0.189. The molecule has 0 amide bonds. The summed E-state index contributed by atoms with van der Waals surface area (Å²) in [4.78, 5) is 12.0. The van der Waals surface area contributed by atoms with Crippen LogP contribution in [0.25, 0.3) is 16.8 Å². The number of anilines is 1. The minimum absolute atomic E-state index is 0.442. The van der Waals surface area contributed by atoms with E-state index in [2.05, 4.69) is 22.9 Å². The summed E-state index contributed by atoms with van der Waals surface area (Å²) in [5.74, 6) is 2.26. The first-order valence-electron chi connectivity index (χ1n) is 12.1. The number of hydrogen-bond donors (Lipinski definition) is 1. The Morgan fingerprint density at radius 1 is 0.947 bits per heavy atom. The summed E-state index contributed by atoms with van der Waals surface area (Å²) in [6.07, 6.45) is 0. The molecular weight excluding hydrogens is 506 g/mol. The highest BCUT2D eigenvalue weighted by molar-refractivity contribution is 7.79. The first-order chi connectivity index (χ1) is 18.3. The number of hydrogen-bond acceptors (Lipinski definition) is 8. The van der Waals surface area contributed by atoms with E-state index in [1.54, 1.807) is 51.7 Å². The van der Waals surface area contributed by atoms with Gasteiger partial charge in [0.25, 0.3) is 0 Å². The maximum atomic E-state index is 10.3. The number of rotatable bonds is 10. The lowest BCUT2D eigenvalue weighted by atomic mass is 10.0. The molecule has 0 spiro atoms. The zero-order valence-corrected chi connectivity index (χ0v) is 23.5. The predicted octanol–water partition coefficient (Wildman–Crippen LogP) is 4.09. The molecule has 0 bridgehead atoms. The zero-order chi connectivity index (χ0) is 27.7. The summed E-state index contributed by atoms with van der Waals surface area (Å²) in [6.45, 7) is 8.50. The monoisotopic (exact) mass is 541 g/mol. The van der Waals surface area contributed by atoms with Crippen molar-refractivity contribution in [2.45, 2.75) is 25.7 Å². The summed E-state index contributed by atoms with van der Waals surface area (Å²) >= 11 is -1.83. The van der Waals surface area contributed by atoms with Crippen LogP contribution in [0.5, 0.6) is 5.75 Å². The second-order valence-electron chi connectivity index (χ2n) is 8.48. The van der Waals surface area contributed by atoms with E-state index in [1.807, 2.05) is 30.5 Å². The van der Waals surface area contributed by atoms with Gasteiger partial charge in [0.15, 0.2) is 16.7 Å². The Kier molecular flexibility index (Phi) is 10.7. The molecule has 4 rings (SSSR count). The number of aryl methyl sites for hydroxylation is 3. The van der Waals surface area contributed by atoms with Crippen molar-refractivity contribution in [1.82, 2.24) is 19.6 Å². The van der Waals surface area contributed by atoms with E-state index >= 15 is 0 Å². The standard InChI is InChI=1S/C21H29N5O3.C6H6O2S/c1-14-13-17(29-6)7-8-18(14)19-15(2)24-26-20(19)22-16(3)23-21(26)25(9-11-27-4)10-12-28-5;7-9(8)6-4-2-1-3-5-6/h7-8,13H,9-12H2,1-6H3;1-5H,(H,7,8). The Bertz CT molecular complexity index is 1360.